The molecule has 0 heterocycles. The van der Waals surface area contributed by atoms with E-state index in [4.69, 9.17) is 0 Å². The van der Waals surface area contributed by atoms with Crippen LogP contribution in [0.15, 0.2) is 176 Å². The van der Waals surface area contributed by atoms with Gasteiger partial charge in [-0.1, -0.05) is 146 Å². The van der Waals surface area contributed by atoms with E-state index < -0.39 is 0 Å². The van der Waals surface area contributed by atoms with Gasteiger partial charge in [0.05, 0.1) is 5.69 Å². The smallest absolute Gasteiger partial charge is 0.0546 e. The van der Waals surface area contributed by atoms with E-state index in [0.717, 1.165) is 11.4 Å². The average Bonchev–Trinajstić information content (AvgIpc) is 3.10. The van der Waals surface area contributed by atoms with E-state index in [2.05, 4.69) is 181 Å². The number of fused-ring (bicyclic) bond motifs is 6. The van der Waals surface area contributed by atoms with Gasteiger partial charge in [0, 0.05) is 16.8 Å². The number of nitrogens with zero attached hydrogens (tertiary/aromatic N) is 1. The Hall–Kier alpha value is -5.66. The fourth-order valence-electron chi connectivity index (χ4n) is 6.42. The molecule has 0 bridgehead atoms. The fraction of sp³-hybridized carbons (Fsp3) is 0. The van der Waals surface area contributed by atoms with E-state index in [0.29, 0.717) is 0 Å². The molecule has 0 unspecified atom stereocenters. The highest BCUT2D eigenvalue weighted by Crippen LogP contribution is 2.45. The number of rotatable bonds is 5. The van der Waals surface area contributed by atoms with Crippen LogP contribution in [0.5, 0.6) is 0 Å². The summed E-state index contributed by atoms with van der Waals surface area (Å²) in [6.45, 7) is 0. The number of benzene rings is 8. The molecule has 0 N–H and O–H groups in total. The maximum atomic E-state index is 2.41. The Balaban J connectivity index is 1.37. The third kappa shape index (κ3) is 4.43. The first kappa shape index (κ1) is 25.1. The minimum atomic E-state index is 1.12. The minimum Gasteiger partial charge on any atom is -0.310 e. The van der Waals surface area contributed by atoms with Crippen LogP contribution in [0.2, 0.25) is 0 Å². The number of hydrogen-bond acceptors (Lipinski definition) is 1. The minimum absolute atomic E-state index is 1.12. The van der Waals surface area contributed by atoms with E-state index in [1.165, 1.54) is 60.3 Å². The third-order valence-corrected chi connectivity index (χ3v) is 8.45. The Labute approximate surface area is 251 Å². The molecule has 8 aromatic carbocycles. The second-order valence-electron chi connectivity index (χ2n) is 11.0. The Morgan fingerprint density at radius 1 is 0.256 bits per heavy atom. The van der Waals surface area contributed by atoms with Crippen molar-refractivity contribution < 1.29 is 0 Å². The first-order chi connectivity index (χ1) is 21.3. The molecular weight excluding hydrogens is 518 g/mol. The lowest BCUT2D eigenvalue weighted by Crippen LogP contribution is -2.10. The maximum absolute atomic E-state index is 2.41. The Bertz CT molecular complexity index is 2070. The first-order valence-corrected chi connectivity index (χ1v) is 14.8. The van der Waals surface area contributed by atoms with Gasteiger partial charge < -0.3 is 4.90 Å². The van der Waals surface area contributed by atoms with Gasteiger partial charge in [-0.15, -0.1) is 0 Å². The number of anilines is 3. The van der Waals surface area contributed by atoms with Crippen molar-refractivity contribution in [1.29, 1.82) is 0 Å². The summed E-state index contributed by atoms with van der Waals surface area (Å²) >= 11 is 0. The Morgan fingerprint density at radius 2 is 0.605 bits per heavy atom. The lowest BCUT2D eigenvalue weighted by atomic mass is 9.93. The highest BCUT2D eigenvalue weighted by Gasteiger charge is 2.19. The second-order valence-corrected chi connectivity index (χ2v) is 11.0. The quantitative estimate of drug-likeness (QED) is 0.194. The van der Waals surface area contributed by atoms with E-state index in [-0.39, 0.29) is 0 Å². The molecule has 8 aromatic rings. The highest BCUT2D eigenvalue weighted by atomic mass is 15.1. The molecule has 0 atom stereocenters. The predicted octanol–water partition coefficient (Wildman–Crippen LogP) is 11.9. The summed E-state index contributed by atoms with van der Waals surface area (Å²) in [4.78, 5) is 2.41. The van der Waals surface area contributed by atoms with Gasteiger partial charge in [-0.2, -0.15) is 0 Å². The van der Waals surface area contributed by atoms with Crippen LogP contribution in [0, 0.1) is 0 Å². The lowest BCUT2D eigenvalue weighted by Gasteiger charge is -2.28. The molecule has 0 amide bonds. The fourth-order valence-corrected chi connectivity index (χ4v) is 6.42. The van der Waals surface area contributed by atoms with Crippen molar-refractivity contribution >= 4 is 49.4 Å². The van der Waals surface area contributed by atoms with Gasteiger partial charge in [0.15, 0.2) is 0 Å². The van der Waals surface area contributed by atoms with E-state index in [1.807, 2.05) is 0 Å². The van der Waals surface area contributed by atoms with E-state index >= 15 is 0 Å². The third-order valence-electron chi connectivity index (χ3n) is 8.45. The topological polar surface area (TPSA) is 3.24 Å². The van der Waals surface area contributed by atoms with Crippen LogP contribution in [0.3, 0.4) is 0 Å². The van der Waals surface area contributed by atoms with E-state index in [1.54, 1.807) is 0 Å². The maximum Gasteiger partial charge on any atom is 0.0546 e. The molecule has 8 rings (SSSR count). The second kappa shape index (κ2) is 10.6. The molecule has 1 nitrogen and oxygen atoms in total. The molecule has 202 valence electrons. The molecule has 0 saturated heterocycles. The summed E-state index contributed by atoms with van der Waals surface area (Å²) in [5, 5.41) is 7.62. The zero-order chi connectivity index (χ0) is 28.6. The van der Waals surface area contributed by atoms with Crippen molar-refractivity contribution in [2.24, 2.45) is 0 Å². The molecule has 0 aromatic heterocycles. The molecule has 43 heavy (non-hydrogen) atoms. The van der Waals surface area contributed by atoms with Crippen LogP contribution in [0.4, 0.5) is 17.1 Å². The van der Waals surface area contributed by atoms with Crippen molar-refractivity contribution in [3.05, 3.63) is 176 Å². The molecule has 0 fully saturated rings. The average molecular weight is 548 g/mol. The van der Waals surface area contributed by atoms with Crippen LogP contribution in [-0.2, 0) is 0 Å². The van der Waals surface area contributed by atoms with Gasteiger partial charge in [-0.3, -0.25) is 0 Å². The van der Waals surface area contributed by atoms with Crippen LogP contribution in [-0.4, -0.2) is 0 Å². The van der Waals surface area contributed by atoms with Crippen LogP contribution in [0.1, 0.15) is 0 Å². The Morgan fingerprint density at radius 3 is 1.07 bits per heavy atom. The summed E-state index contributed by atoms with van der Waals surface area (Å²) in [7, 11) is 0. The van der Waals surface area contributed by atoms with Gasteiger partial charge in [0.2, 0.25) is 0 Å². The van der Waals surface area contributed by atoms with Gasteiger partial charge in [0.25, 0.3) is 0 Å². The predicted molar refractivity (Wildman–Crippen MR) is 185 cm³/mol. The monoisotopic (exact) mass is 547 g/mol. The van der Waals surface area contributed by atoms with Gasteiger partial charge in [0.1, 0.15) is 0 Å². The van der Waals surface area contributed by atoms with Gasteiger partial charge in [-0.25, -0.2) is 0 Å². The lowest BCUT2D eigenvalue weighted by molar-refractivity contribution is 1.30. The number of hydrogen-bond donors (Lipinski definition) is 0. The van der Waals surface area contributed by atoms with E-state index in [9.17, 15) is 0 Å². The molecular formula is C42H29N. The van der Waals surface area contributed by atoms with Crippen molar-refractivity contribution in [3.8, 4) is 22.3 Å². The van der Waals surface area contributed by atoms with Gasteiger partial charge in [-0.05, 0) is 79.5 Å². The van der Waals surface area contributed by atoms with Crippen molar-refractivity contribution in [1.82, 2.24) is 0 Å². The molecule has 0 aliphatic carbocycles. The van der Waals surface area contributed by atoms with Crippen molar-refractivity contribution in [3.63, 3.8) is 0 Å². The molecule has 1 heteroatoms. The summed E-state index contributed by atoms with van der Waals surface area (Å²) in [6, 6.07) is 63.4. The summed E-state index contributed by atoms with van der Waals surface area (Å²) in [5.74, 6) is 0. The summed E-state index contributed by atoms with van der Waals surface area (Å²) < 4.78 is 0. The first-order valence-electron chi connectivity index (χ1n) is 14.8. The van der Waals surface area contributed by atoms with Crippen molar-refractivity contribution in [2.45, 2.75) is 0 Å². The largest absolute Gasteiger partial charge is 0.310 e. The molecule has 0 saturated carbocycles. The highest BCUT2D eigenvalue weighted by molar-refractivity contribution is 6.28. The zero-order valence-corrected chi connectivity index (χ0v) is 23.7. The molecule has 0 radical (unpaired) electrons. The van der Waals surface area contributed by atoms with Crippen LogP contribution in [0.25, 0.3) is 54.6 Å². The Kier molecular flexibility index (Phi) is 6.20. The molecule has 0 aliphatic heterocycles. The van der Waals surface area contributed by atoms with Crippen LogP contribution < -0.4 is 4.90 Å². The summed E-state index contributed by atoms with van der Waals surface area (Å²) in [5.41, 5.74) is 8.26. The normalized spacial score (nSPS) is 11.3. The summed E-state index contributed by atoms with van der Waals surface area (Å²) in [6.07, 6.45) is 0. The van der Waals surface area contributed by atoms with Gasteiger partial charge >= 0.3 is 0 Å². The molecule has 0 aliphatic rings. The molecule has 0 spiro atoms. The van der Waals surface area contributed by atoms with Crippen molar-refractivity contribution in [2.75, 3.05) is 4.90 Å². The zero-order valence-electron chi connectivity index (χ0n) is 23.7. The SMILES string of the molecule is c1ccc(-c2ccc(N(c3ccc(-c4ccccc4)cc3)c3cccc4c5ccccc5c5ccccc5c34)cc2)cc1. The standard InChI is InChI=1S/C42H29N/c1-3-12-30(13-4-1)32-22-26-34(27-23-32)43(35-28-24-33(25-29-35)31-14-5-2-6-15-31)41-21-11-20-40-38-17-8-7-16-36(38)37-18-9-10-19-39(37)42(40)41/h1-29H. The van der Waals surface area contributed by atoms with Crippen LogP contribution >= 0.6 is 0 Å².